The van der Waals surface area contributed by atoms with Gasteiger partial charge in [0.15, 0.2) is 5.96 Å². The van der Waals surface area contributed by atoms with E-state index in [1.807, 2.05) is 0 Å². The van der Waals surface area contributed by atoms with Gasteiger partial charge in [-0.2, -0.15) is 0 Å². The van der Waals surface area contributed by atoms with Crippen LogP contribution < -0.4 is 11.1 Å². The van der Waals surface area contributed by atoms with Crippen molar-refractivity contribution >= 4 is 11.9 Å². The highest BCUT2D eigenvalue weighted by atomic mass is 16.1. The Bertz CT molecular complexity index is 329. The highest BCUT2D eigenvalue weighted by Crippen LogP contribution is 2.17. The average Bonchev–Trinajstić information content (AvgIpc) is 2.75. The Labute approximate surface area is 122 Å². The number of carbonyl (C=O) groups is 1. The van der Waals surface area contributed by atoms with E-state index in [1.165, 1.54) is 44.9 Å². The van der Waals surface area contributed by atoms with Gasteiger partial charge in [-0.05, 0) is 25.7 Å². The first-order valence-electron chi connectivity index (χ1n) is 8.10. The zero-order valence-corrected chi connectivity index (χ0v) is 12.4. The minimum atomic E-state index is 0.00896. The number of aliphatic imine (C=N–C) groups is 1. The largest absolute Gasteiger partial charge is 0.370 e. The van der Waals surface area contributed by atoms with Gasteiger partial charge in [0.25, 0.3) is 0 Å². The molecule has 1 aliphatic carbocycles. The highest BCUT2D eigenvalue weighted by Gasteiger charge is 2.16. The second-order valence-electron chi connectivity index (χ2n) is 5.98. The number of carbonyl (C=O) groups excluding carboxylic acids is 1. The lowest BCUT2D eigenvalue weighted by atomic mass is 9.95. The minimum Gasteiger partial charge on any atom is -0.370 e. The van der Waals surface area contributed by atoms with Crippen molar-refractivity contribution in [2.75, 3.05) is 19.6 Å². The van der Waals surface area contributed by atoms with Crippen LogP contribution in [0.15, 0.2) is 4.99 Å². The van der Waals surface area contributed by atoms with Gasteiger partial charge in [0.1, 0.15) is 6.54 Å². The molecule has 114 valence electrons. The Hall–Kier alpha value is -1.26. The topological polar surface area (TPSA) is 70.7 Å². The zero-order valence-electron chi connectivity index (χ0n) is 12.4. The smallest absolute Gasteiger partial charge is 0.242 e. The van der Waals surface area contributed by atoms with Crippen molar-refractivity contribution in [3.05, 3.63) is 0 Å². The van der Waals surface area contributed by atoms with E-state index in [4.69, 9.17) is 5.73 Å². The molecule has 0 aromatic carbocycles. The molecule has 1 saturated carbocycles. The molecule has 0 aromatic heterocycles. The van der Waals surface area contributed by atoms with E-state index in [9.17, 15) is 4.79 Å². The minimum absolute atomic E-state index is 0.00896. The molecule has 0 unspecified atom stereocenters. The van der Waals surface area contributed by atoms with Crippen LogP contribution in [0, 0.1) is 0 Å². The Balaban J connectivity index is 1.73. The summed E-state index contributed by atoms with van der Waals surface area (Å²) in [6.07, 6.45) is 10.8. The molecule has 20 heavy (non-hydrogen) atoms. The standard InChI is InChI=1S/C15H28N4O/c16-15(19-10-6-1-2-7-11-19)17-12-14(20)18-13-8-4-3-5-9-13/h13H,1-12H2,(H2,16,17)(H,18,20). The maximum absolute atomic E-state index is 11.9. The fourth-order valence-corrected chi connectivity index (χ4v) is 3.07. The summed E-state index contributed by atoms with van der Waals surface area (Å²) in [5.74, 6) is 0.542. The molecular formula is C15H28N4O. The summed E-state index contributed by atoms with van der Waals surface area (Å²) in [6.45, 7) is 2.11. The Morgan fingerprint density at radius 3 is 2.30 bits per heavy atom. The molecule has 0 spiro atoms. The van der Waals surface area contributed by atoms with Crippen molar-refractivity contribution in [1.29, 1.82) is 0 Å². The fourth-order valence-electron chi connectivity index (χ4n) is 3.07. The third kappa shape index (κ3) is 5.02. The maximum atomic E-state index is 11.9. The molecule has 2 rings (SSSR count). The summed E-state index contributed by atoms with van der Waals surface area (Å²) in [5, 5.41) is 3.07. The summed E-state index contributed by atoms with van der Waals surface area (Å²) in [6, 6.07) is 0.353. The molecular weight excluding hydrogens is 252 g/mol. The van der Waals surface area contributed by atoms with Gasteiger partial charge < -0.3 is 16.0 Å². The number of nitrogens with one attached hydrogen (secondary N) is 1. The lowest BCUT2D eigenvalue weighted by Gasteiger charge is -2.23. The summed E-state index contributed by atoms with van der Waals surface area (Å²) in [4.78, 5) is 18.2. The van der Waals surface area contributed by atoms with Gasteiger partial charge >= 0.3 is 0 Å². The first-order valence-corrected chi connectivity index (χ1v) is 8.10. The van der Waals surface area contributed by atoms with Crippen molar-refractivity contribution < 1.29 is 4.79 Å². The number of amides is 1. The molecule has 1 aliphatic heterocycles. The van der Waals surface area contributed by atoms with Gasteiger partial charge in [0.2, 0.25) is 5.91 Å². The number of hydrogen-bond acceptors (Lipinski definition) is 2. The van der Waals surface area contributed by atoms with E-state index in [-0.39, 0.29) is 12.5 Å². The summed E-state index contributed by atoms with van der Waals surface area (Å²) in [5.41, 5.74) is 6.00. The van der Waals surface area contributed by atoms with E-state index < -0.39 is 0 Å². The number of guanidine groups is 1. The van der Waals surface area contributed by atoms with E-state index in [1.54, 1.807) is 0 Å². The molecule has 0 aromatic rings. The molecule has 2 aliphatic rings. The lowest BCUT2D eigenvalue weighted by Crippen LogP contribution is -2.40. The van der Waals surface area contributed by atoms with E-state index >= 15 is 0 Å². The molecule has 0 atom stereocenters. The van der Waals surface area contributed by atoms with Crippen LogP contribution in [0.25, 0.3) is 0 Å². The second-order valence-corrected chi connectivity index (χ2v) is 5.98. The second kappa shape index (κ2) is 8.12. The van der Waals surface area contributed by atoms with E-state index in [0.29, 0.717) is 12.0 Å². The zero-order chi connectivity index (χ0) is 14.2. The molecule has 0 bridgehead atoms. The molecule has 5 nitrogen and oxygen atoms in total. The number of nitrogens with zero attached hydrogens (tertiary/aromatic N) is 2. The predicted molar refractivity (Wildman–Crippen MR) is 81.5 cm³/mol. The van der Waals surface area contributed by atoms with Crippen LogP contribution in [-0.2, 0) is 4.79 Å². The Morgan fingerprint density at radius 1 is 1.05 bits per heavy atom. The van der Waals surface area contributed by atoms with Crippen molar-refractivity contribution in [2.45, 2.75) is 63.8 Å². The number of rotatable bonds is 3. The third-order valence-corrected chi connectivity index (χ3v) is 4.29. The first kappa shape index (κ1) is 15.1. The number of hydrogen-bond donors (Lipinski definition) is 2. The van der Waals surface area contributed by atoms with Crippen LogP contribution in [0.2, 0.25) is 0 Å². The van der Waals surface area contributed by atoms with Gasteiger partial charge in [-0.3, -0.25) is 4.79 Å². The van der Waals surface area contributed by atoms with Gasteiger partial charge in [0, 0.05) is 19.1 Å². The highest BCUT2D eigenvalue weighted by molar-refractivity contribution is 5.84. The quantitative estimate of drug-likeness (QED) is 0.609. The first-order chi connectivity index (χ1) is 9.75. The fraction of sp³-hybridized carbons (Fsp3) is 0.867. The molecule has 3 N–H and O–H groups in total. The number of likely N-dealkylation sites (tertiary alicyclic amines) is 1. The van der Waals surface area contributed by atoms with Crippen molar-refractivity contribution in [3.8, 4) is 0 Å². The Kier molecular flexibility index (Phi) is 6.15. The van der Waals surface area contributed by atoms with Gasteiger partial charge in [-0.25, -0.2) is 4.99 Å². The van der Waals surface area contributed by atoms with Gasteiger partial charge in [-0.1, -0.05) is 32.1 Å². The SMILES string of the molecule is NC(=NCC(=O)NC1CCCCC1)N1CCCCCC1. The van der Waals surface area contributed by atoms with Gasteiger partial charge in [0.05, 0.1) is 0 Å². The summed E-state index contributed by atoms with van der Waals surface area (Å²) < 4.78 is 0. The van der Waals surface area contributed by atoms with Crippen LogP contribution in [0.4, 0.5) is 0 Å². The van der Waals surface area contributed by atoms with Crippen molar-refractivity contribution in [3.63, 3.8) is 0 Å². The van der Waals surface area contributed by atoms with Crippen molar-refractivity contribution in [1.82, 2.24) is 10.2 Å². The van der Waals surface area contributed by atoms with Gasteiger partial charge in [-0.15, -0.1) is 0 Å². The van der Waals surface area contributed by atoms with E-state index in [0.717, 1.165) is 25.9 Å². The molecule has 1 amide bonds. The molecule has 2 fully saturated rings. The molecule has 1 heterocycles. The van der Waals surface area contributed by atoms with Crippen LogP contribution >= 0.6 is 0 Å². The molecule has 1 saturated heterocycles. The lowest BCUT2D eigenvalue weighted by molar-refractivity contribution is -0.120. The van der Waals surface area contributed by atoms with E-state index in [2.05, 4.69) is 15.2 Å². The molecule has 5 heteroatoms. The average molecular weight is 280 g/mol. The summed E-state index contributed by atoms with van der Waals surface area (Å²) >= 11 is 0. The van der Waals surface area contributed by atoms with Crippen molar-refractivity contribution in [2.24, 2.45) is 10.7 Å². The predicted octanol–water partition coefficient (Wildman–Crippen LogP) is 1.63. The summed E-state index contributed by atoms with van der Waals surface area (Å²) in [7, 11) is 0. The van der Waals surface area contributed by atoms with Crippen LogP contribution in [0.3, 0.4) is 0 Å². The van der Waals surface area contributed by atoms with Crippen LogP contribution in [-0.4, -0.2) is 42.4 Å². The number of nitrogens with two attached hydrogens (primary N) is 1. The Morgan fingerprint density at radius 2 is 1.65 bits per heavy atom. The third-order valence-electron chi connectivity index (χ3n) is 4.29. The van der Waals surface area contributed by atoms with Crippen LogP contribution in [0.5, 0.6) is 0 Å². The maximum Gasteiger partial charge on any atom is 0.242 e. The monoisotopic (exact) mass is 280 g/mol. The molecule has 0 radical (unpaired) electrons. The normalized spacial score (nSPS) is 22.4. The van der Waals surface area contributed by atoms with Crippen LogP contribution in [0.1, 0.15) is 57.8 Å².